The number of aromatic nitrogens is 4. The zero-order valence-electron chi connectivity index (χ0n) is 36.2. The van der Waals surface area contributed by atoms with Crippen LogP contribution in [0.25, 0.3) is 11.1 Å². The molecule has 4 saturated carbocycles. The minimum absolute atomic E-state index is 0.0746. The number of carboxylic acids is 1. The largest absolute Gasteiger partial charge is 0.481 e. The van der Waals surface area contributed by atoms with Crippen molar-refractivity contribution in [2.45, 2.75) is 103 Å². The van der Waals surface area contributed by atoms with Crippen molar-refractivity contribution in [1.82, 2.24) is 28.9 Å². The van der Waals surface area contributed by atoms with E-state index >= 15 is 0 Å². The van der Waals surface area contributed by atoms with Crippen LogP contribution in [0, 0.1) is 21.7 Å². The lowest BCUT2D eigenvalue weighted by molar-refractivity contribution is -0.148. The maximum atomic E-state index is 13.8. The predicted octanol–water partition coefficient (Wildman–Crippen LogP) is 8.31. The summed E-state index contributed by atoms with van der Waals surface area (Å²) >= 11 is 14.0. The molecule has 63 heavy (non-hydrogen) atoms. The van der Waals surface area contributed by atoms with E-state index in [1.807, 2.05) is 35.4 Å². The molecule has 3 N–H and O–H groups in total. The molecular formula is C48H56Cl2N8O5. The molecule has 2 aromatic heterocycles. The first-order valence-corrected chi connectivity index (χ1v) is 23.4. The summed E-state index contributed by atoms with van der Waals surface area (Å²) in [5.74, 6) is -0.743. The number of carboxylic acid groups (broad SMARTS) is 1. The highest BCUT2D eigenvalue weighted by Gasteiger charge is 2.58. The number of nitrogens with zero attached hydrogens (tertiary/aromatic N) is 6. The number of hydrogen-bond acceptors (Lipinski definition) is 8. The van der Waals surface area contributed by atoms with Crippen LogP contribution < -0.4 is 10.6 Å². The summed E-state index contributed by atoms with van der Waals surface area (Å²) in [5.41, 5.74) is 5.75. The molecule has 0 spiro atoms. The molecule has 0 atom stereocenters. The average molecular weight is 896 g/mol. The maximum Gasteiger partial charge on any atom is 0.309 e. The van der Waals surface area contributed by atoms with Crippen LogP contribution in [-0.4, -0.2) is 84.3 Å². The second kappa shape index (κ2) is 15.9. The smallest absolute Gasteiger partial charge is 0.309 e. The quantitative estimate of drug-likeness (QED) is 0.113. The molecule has 332 valence electrons. The molecule has 0 radical (unpaired) electrons. The first-order chi connectivity index (χ1) is 30.2. The highest BCUT2D eigenvalue weighted by Crippen LogP contribution is 2.64. The van der Waals surface area contributed by atoms with Gasteiger partial charge < -0.3 is 29.7 Å². The fourth-order valence-electron chi connectivity index (χ4n) is 12.6. The summed E-state index contributed by atoms with van der Waals surface area (Å²) in [4.78, 5) is 65.9. The van der Waals surface area contributed by atoms with Gasteiger partial charge in [-0.3, -0.25) is 24.2 Å². The third-order valence-corrected chi connectivity index (χ3v) is 17.3. The molecule has 10 rings (SSSR count). The number of carbonyl (C=O) groups is 4. The molecule has 2 aromatic carbocycles. The number of anilines is 2. The van der Waals surface area contributed by atoms with E-state index in [2.05, 4.69) is 20.4 Å². The van der Waals surface area contributed by atoms with E-state index in [-0.39, 0.29) is 22.6 Å². The second-order valence-corrected chi connectivity index (χ2v) is 20.7. The van der Waals surface area contributed by atoms with E-state index in [1.54, 1.807) is 24.3 Å². The zero-order valence-corrected chi connectivity index (χ0v) is 37.7. The van der Waals surface area contributed by atoms with Gasteiger partial charge >= 0.3 is 5.97 Å². The average Bonchev–Trinajstić information content (AvgIpc) is 4.15. The lowest BCUT2D eigenvalue weighted by Crippen LogP contribution is -2.34. The highest BCUT2D eigenvalue weighted by atomic mass is 35.5. The van der Waals surface area contributed by atoms with Gasteiger partial charge in [-0.2, -0.15) is 0 Å². The SMILES string of the molecule is Cn1c(C(=O)Nc2cccc(-c3cccc(NC(=O)c4nc5c(n4C)CCN(CCC46CCC(C(=O)O)(CC4)C6)C5)c3Cl)c2Cl)nc2c1CCN(CCC13CCC(C=O)(CC1)C3)C2. The van der Waals surface area contributed by atoms with E-state index in [0.29, 0.717) is 62.7 Å². The van der Waals surface area contributed by atoms with Crippen LogP contribution in [-0.2, 0) is 49.6 Å². The van der Waals surface area contributed by atoms with Gasteiger partial charge in [-0.1, -0.05) is 47.5 Å². The van der Waals surface area contributed by atoms with Crippen molar-refractivity contribution in [2.24, 2.45) is 35.8 Å². The Kier molecular flexibility index (Phi) is 10.7. The van der Waals surface area contributed by atoms with Crippen LogP contribution in [0.1, 0.15) is 121 Å². The Morgan fingerprint density at radius 3 is 1.59 bits per heavy atom. The molecule has 4 aromatic rings. The van der Waals surface area contributed by atoms with Crippen molar-refractivity contribution < 1.29 is 24.3 Å². The van der Waals surface area contributed by atoms with Crippen molar-refractivity contribution in [3.63, 3.8) is 0 Å². The summed E-state index contributed by atoms with van der Waals surface area (Å²) in [6.07, 6.45) is 14.6. The Hall–Kier alpha value is -4.56. The maximum absolute atomic E-state index is 13.8. The van der Waals surface area contributed by atoms with Crippen LogP contribution in [0.15, 0.2) is 36.4 Å². The Morgan fingerprint density at radius 1 is 0.698 bits per heavy atom. The molecule has 0 saturated heterocycles. The Bertz CT molecular complexity index is 2530. The third-order valence-electron chi connectivity index (χ3n) is 16.5. The fourth-order valence-corrected chi connectivity index (χ4v) is 13.2. The van der Waals surface area contributed by atoms with Gasteiger partial charge in [-0.05, 0) is 113 Å². The molecule has 2 aliphatic heterocycles. The number of hydrogen-bond donors (Lipinski definition) is 3. The number of nitrogens with one attached hydrogen (secondary N) is 2. The molecule has 6 aliphatic rings. The number of aldehydes is 1. The molecule has 13 nitrogen and oxygen atoms in total. The highest BCUT2D eigenvalue weighted by molar-refractivity contribution is 6.40. The Labute approximate surface area is 377 Å². The predicted molar refractivity (Wildman–Crippen MR) is 241 cm³/mol. The number of fused-ring (bicyclic) bond motifs is 6. The minimum Gasteiger partial charge on any atom is -0.481 e. The zero-order chi connectivity index (χ0) is 43.9. The summed E-state index contributed by atoms with van der Waals surface area (Å²) in [5, 5.41) is 16.4. The minimum atomic E-state index is -0.629. The molecule has 0 unspecified atom stereocenters. The second-order valence-electron chi connectivity index (χ2n) is 20.0. The van der Waals surface area contributed by atoms with Gasteiger partial charge in [0, 0.05) is 81.0 Å². The molecule has 4 bridgehead atoms. The van der Waals surface area contributed by atoms with Crippen LogP contribution >= 0.6 is 23.2 Å². The molecule has 4 heterocycles. The standard InChI is InChI=1S/C48H56Cl2N8O5/c1-55-36-9-21-57(23-19-45-11-13-47(27-45,29-59)14-12-45)25-34(36)51-40(55)42(60)53-32-7-3-5-30(38(32)49)31-6-4-8-33(39(31)50)54-43(61)41-52-35-26-58(22-10-37(35)56(41)2)24-20-46-15-17-48(28-46,18-16-46)44(62)63/h3-8,29H,9-28H2,1-2H3,(H,53,60)(H,54,61)(H,62,63). The topological polar surface area (TPSA) is 155 Å². The number of aliphatic carboxylic acids is 1. The van der Waals surface area contributed by atoms with Crippen LogP contribution in [0.2, 0.25) is 10.0 Å². The van der Waals surface area contributed by atoms with Crippen molar-refractivity contribution in [3.8, 4) is 11.1 Å². The summed E-state index contributed by atoms with van der Waals surface area (Å²) in [6.45, 7) is 4.95. The van der Waals surface area contributed by atoms with Gasteiger partial charge in [-0.25, -0.2) is 9.97 Å². The summed E-state index contributed by atoms with van der Waals surface area (Å²) in [6, 6.07) is 10.7. The number of carbonyl (C=O) groups excluding carboxylic acids is 3. The van der Waals surface area contributed by atoms with Crippen molar-refractivity contribution in [3.05, 3.63) is 80.9 Å². The normalized spacial score (nSPS) is 27.4. The lowest BCUT2D eigenvalue weighted by Gasteiger charge is -2.32. The van der Waals surface area contributed by atoms with E-state index in [0.717, 1.165) is 139 Å². The van der Waals surface area contributed by atoms with Gasteiger partial charge in [0.05, 0.1) is 38.2 Å². The van der Waals surface area contributed by atoms with Gasteiger partial charge in [0.1, 0.15) is 6.29 Å². The van der Waals surface area contributed by atoms with E-state index in [4.69, 9.17) is 33.2 Å². The lowest BCUT2D eigenvalue weighted by atomic mass is 9.80. The monoisotopic (exact) mass is 894 g/mol. The molecular weight excluding hydrogens is 839 g/mol. The van der Waals surface area contributed by atoms with Gasteiger partial charge in [-0.15, -0.1) is 0 Å². The number of benzene rings is 2. The number of rotatable bonds is 13. The molecule has 15 heteroatoms. The van der Waals surface area contributed by atoms with Crippen molar-refractivity contribution >= 4 is 58.6 Å². The number of imidazole rings is 2. The molecule has 4 aliphatic carbocycles. The van der Waals surface area contributed by atoms with Gasteiger partial charge in [0.25, 0.3) is 11.8 Å². The van der Waals surface area contributed by atoms with E-state index in [9.17, 15) is 24.3 Å². The van der Waals surface area contributed by atoms with Crippen LogP contribution in [0.3, 0.4) is 0 Å². The third kappa shape index (κ3) is 7.40. The molecule has 4 fully saturated rings. The van der Waals surface area contributed by atoms with Crippen molar-refractivity contribution in [2.75, 3.05) is 36.8 Å². The van der Waals surface area contributed by atoms with E-state index in [1.165, 1.54) is 6.29 Å². The number of amides is 2. The molecule has 2 amide bonds. The van der Waals surface area contributed by atoms with Crippen LogP contribution in [0.5, 0.6) is 0 Å². The fraction of sp³-hybridized carbons (Fsp3) is 0.542. The van der Waals surface area contributed by atoms with Gasteiger partial charge in [0.2, 0.25) is 0 Å². The number of halogens is 2. The van der Waals surface area contributed by atoms with E-state index < -0.39 is 11.4 Å². The summed E-state index contributed by atoms with van der Waals surface area (Å²) < 4.78 is 3.76. The van der Waals surface area contributed by atoms with Gasteiger partial charge in [0.15, 0.2) is 11.6 Å². The summed E-state index contributed by atoms with van der Waals surface area (Å²) in [7, 11) is 3.76. The Morgan fingerprint density at radius 2 is 1.16 bits per heavy atom. The van der Waals surface area contributed by atoms with Crippen LogP contribution in [0.4, 0.5) is 11.4 Å². The first-order valence-electron chi connectivity index (χ1n) is 22.7. The first kappa shape index (κ1) is 42.4. The Balaban J connectivity index is 0.781. The van der Waals surface area contributed by atoms with Crippen molar-refractivity contribution in [1.29, 1.82) is 0 Å².